The lowest BCUT2D eigenvalue weighted by Gasteiger charge is -1.99. The van der Waals surface area contributed by atoms with Gasteiger partial charge in [0.2, 0.25) is 0 Å². The zero-order valence-corrected chi connectivity index (χ0v) is 11.0. The molecule has 1 fully saturated rings. The summed E-state index contributed by atoms with van der Waals surface area (Å²) >= 11 is 0. The third-order valence-electron chi connectivity index (χ3n) is 3.41. The summed E-state index contributed by atoms with van der Waals surface area (Å²) in [5.74, 6) is -0.671. The maximum Gasteiger partial charge on any atom is 0.303 e. The highest BCUT2D eigenvalue weighted by atomic mass is 16.6. The first-order chi connectivity index (χ1) is 8.24. The highest BCUT2D eigenvalue weighted by Crippen LogP contribution is 2.31. The van der Waals surface area contributed by atoms with Crippen molar-refractivity contribution < 1.29 is 14.6 Å². The fraction of sp³-hybridized carbons (Fsp3) is 0.929. The van der Waals surface area contributed by atoms with E-state index in [2.05, 4.69) is 6.92 Å². The summed E-state index contributed by atoms with van der Waals surface area (Å²) in [6.07, 6.45) is 11.9. The Morgan fingerprint density at radius 1 is 1.00 bits per heavy atom. The lowest BCUT2D eigenvalue weighted by Crippen LogP contribution is -1.95. The van der Waals surface area contributed by atoms with E-state index in [1.807, 2.05) is 0 Å². The molecule has 0 amide bonds. The number of aliphatic carboxylic acids is 1. The van der Waals surface area contributed by atoms with E-state index in [4.69, 9.17) is 9.84 Å². The van der Waals surface area contributed by atoms with Crippen LogP contribution in [0.15, 0.2) is 0 Å². The van der Waals surface area contributed by atoms with Gasteiger partial charge >= 0.3 is 5.97 Å². The second-order valence-corrected chi connectivity index (χ2v) is 5.06. The third kappa shape index (κ3) is 7.37. The van der Waals surface area contributed by atoms with Crippen LogP contribution >= 0.6 is 0 Å². The Labute approximate surface area is 105 Å². The van der Waals surface area contributed by atoms with Gasteiger partial charge in [-0.1, -0.05) is 45.4 Å². The van der Waals surface area contributed by atoms with Crippen molar-refractivity contribution in [1.82, 2.24) is 0 Å². The number of epoxide rings is 1. The zero-order chi connectivity index (χ0) is 12.5. The number of hydrogen-bond acceptors (Lipinski definition) is 2. The summed E-state index contributed by atoms with van der Waals surface area (Å²) in [5, 5.41) is 8.48. The first-order valence-corrected chi connectivity index (χ1v) is 7.11. The first-order valence-electron chi connectivity index (χ1n) is 7.11. The summed E-state index contributed by atoms with van der Waals surface area (Å²) < 4.78 is 5.60. The Kier molecular flexibility index (Phi) is 7.25. The molecular formula is C14H26O3. The highest BCUT2D eigenvalue weighted by molar-refractivity contribution is 5.66. The average molecular weight is 242 g/mol. The van der Waals surface area contributed by atoms with Crippen molar-refractivity contribution in [2.24, 2.45) is 0 Å². The fourth-order valence-electron chi connectivity index (χ4n) is 2.24. The molecule has 0 aliphatic carbocycles. The predicted octanol–water partition coefficient (Wildman–Crippen LogP) is 3.76. The van der Waals surface area contributed by atoms with Crippen molar-refractivity contribution in [3.8, 4) is 0 Å². The van der Waals surface area contributed by atoms with Crippen LogP contribution in [0.3, 0.4) is 0 Å². The second-order valence-electron chi connectivity index (χ2n) is 5.06. The van der Waals surface area contributed by atoms with Gasteiger partial charge in [-0.05, 0) is 19.3 Å². The quantitative estimate of drug-likeness (QED) is 0.443. The van der Waals surface area contributed by atoms with Crippen LogP contribution in [0.4, 0.5) is 0 Å². The van der Waals surface area contributed by atoms with Crippen LogP contribution in [0.5, 0.6) is 0 Å². The second kappa shape index (κ2) is 8.51. The first kappa shape index (κ1) is 14.5. The van der Waals surface area contributed by atoms with Gasteiger partial charge in [0, 0.05) is 6.42 Å². The van der Waals surface area contributed by atoms with Crippen LogP contribution in [0.1, 0.15) is 71.1 Å². The third-order valence-corrected chi connectivity index (χ3v) is 3.41. The Bertz CT molecular complexity index is 216. The number of carbonyl (C=O) groups is 1. The van der Waals surface area contributed by atoms with Crippen LogP contribution in [0.2, 0.25) is 0 Å². The molecule has 3 nitrogen and oxygen atoms in total. The molecule has 0 aromatic heterocycles. The standard InChI is InChI=1S/C14H26O3/c1-2-3-9-12-13(17-12)10-7-5-4-6-8-11-14(15)16/h12-13H,2-11H2,1H3,(H,15,16). The average Bonchev–Trinajstić information content (AvgIpc) is 3.03. The topological polar surface area (TPSA) is 49.8 Å². The van der Waals surface area contributed by atoms with Crippen LogP contribution in [-0.4, -0.2) is 23.3 Å². The smallest absolute Gasteiger partial charge is 0.303 e. The molecule has 0 aromatic carbocycles. The maximum absolute atomic E-state index is 10.3. The lowest BCUT2D eigenvalue weighted by atomic mass is 10.1. The van der Waals surface area contributed by atoms with Crippen LogP contribution in [-0.2, 0) is 9.53 Å². The summed E-state index contributed by atoms with van der Waals surface area (Å²) in [5.41, 5.74) is 0. The van der Waals surface area contributed by atoms with Gasteiger partial charge in [-0.25, -0.2) is 0 Å². The normalized spacial score (nSPS) is 22.6. The SMILES string of the molecule is CCCCC1OC1CCCCCCCC(=O)O. The minimum absolute atomic E-state index is 0.324. The maximum atomic E-state index is 10.3. The molecule has 0 spiro atoms. The van der Waals surface area contributed by atoms with Gasteiger partial charge in [-0.15, -0.1) is 0 Å². The van der Waals surface area contributed by atoms with Crippen molar-refractivity contribution in [2.75, 3.05) is 0 Å². The van der Waals surface area contributed by atoms with Crippen molar-refractivity contribution >= 4 is 5.97 Å². The van der Waals surface area contributed by atoms with Gasteiger partial charge in [0.25, 0.3) is 0 Å². The molecule has 0 saturated carbocycles. The predicted molar refractivity (Wildman–Crippen MR) is 68.1 cm³/mol. The van der Waals surface area contributed by atoms with Crippen molar-refractivity contribution in [3.05, 3.63) is 0 Å². The molecule has 100 valence electrons. The van der Waals surface area contributed by atoms with E-state index in [1.54, 1.807) is 0 Å². The van der Waals surface area contributed by atoms with Gasteiger partial charge in [-0.3, -0.25) is 4.79 Å². The summed E-state index contributed by atoms with van der Waals surface area (Å²) in [6.45, 7) is 2.22. The van der Waals surface area contributed by atoms with Crippen molar-refractivity contribution in [2.45, 2.75) is 83.3 Å². The monoisotopic (exact) mass is 242 g/mol. The van der Waals surface area contributed by atoms with E-state index in [-0.39, 0.29) is 0 Å². The number of carboxylic acids is 1. The number of ether oxygens (including phenoxy) is 1. The van der Waals surface area contributed by atoms with Gasteiger partial charge in [0.15, 0.2) is 0 Å². The van der Waals surface area contributed by atoms with Crippen LogP contribution < -0.4 is 0 Å². The molecule has 2 unspecified atom stereocenters. The molecule has 0 aromatic rings. The number of hydrogen-bond donors (Lipinski definition) is 1. The zero-order valence-electron chi connectivity index (χ0n) is 11.0. The van der Waals surface area contributed by atoms with Gasteiger partial charge in [0.1, 0.15) is 0 Å². The van der Waals surface area contributed by atoms with E-state index in [0.29, 0.717) is 18.6 Å². The van der Waals surface area contributed by atoms with Gasteiger partial charge in [0.05, 0.1) is 12.2 Å². The number of carboxylic acid groups (broad SMARTS) is 1. The molecule has 1 N–H and O–H groups in total. The molecular weight excluding hydrogens is 216 g/mol. The molecule has 0 radical (unpaired) electrons. The fourth-order valence-corrected chi connectivity index (χ4v) is 2.24. The Morgan fingerprint density at radius 2 is 1.59 bits per heavy atom. The number of unbranched alkanes of at least 4 members (excludes halogenated alkanes) is 5. The minimum atomic E-state index is -0.671. The van der Waals surface area contributed by atoms with E-state index in [0.717, 1.165) is 12.8 Å². The molecule has 1 aliphatic heterocycles. The van der Waals surface area contributed by atoms with E-state index in [9.17, 15) is 4.79 Å². The molecule has 3 heteroatoms. The molecule has 0 bridgehead atoms. The number of rotatable bonds is 11. The summed E-state index contributed by atoms with van der Waals surface area (Å²) in [6, 6.07) is 0. The molecule has 2 atom stereocenters. The Hall–Kier alpha value is -0.570. The summed E-state index contributed by atoms with van der Waals surface area (Å²) in [4.78, 5) is 10.3. The lowest BCUT2D eigenvalue weighted by molar-refractivity contribution is -0.137. The van der Waals surface area contributed by atoms with E-state index in [1.165, 1.54) is 44.9 Å². The largest absolute Gasteiger partial charge is 0.481 e. The Morgan fingerprint density at radius 3 is 2.24 bits per heavy atom. The molecule has 17 heavy (non-hydrogen) atoms. The van der Waals surface area contributed by atoms with E-state index >= 15 is 0 Å². The van der Waals surface area contributed by atoms with Crippen LogP contribution in [0.25, 0.3) is 0 Å². The van der Waals surface area contributed by atoms with Crippen molar-refractivity contribution in [3.63, 3.8) is 0 Å². The minimum Gasteiger partial charge on any atom is -0.481 e. The summed E-state index contributed by atoms with van der Waals surface area (Å²) in [7, 11) is 0. The highest BCUT2D eigenvalue weighted by Gasteiger charge is 2.36. The molecule has 1 rings (SSSR count). The Balaban J connectivity index is 1.78. The van der Waals surface area contributed by atoms with Crippen molar-refractivity contribution in [1.29, 1.82) is 0 Å². The van der Waals surface area contributed by atoms with Crippen LogP contribution in [0, 0.1) is 0 Å². The molecule has 1 heterocycles. The molecule has 1 aliphatic rings. The molecule has 1 saturated heterocycles. The van der Waals surface area contributed by atoms with Gasteiger partial charge in [-0.2, -0.15) is 0 Å². The van der Waals surface area contributed by atoms with Gasteiger partial charge < -0.3 is 9.84 Å². The van der Waals surface area contributed by atoms with E-state index < -0.39 is 5.97 Å².